The number of hydrogen-bond acceptors (Lipinski definition) is 14. The zero-order valence-electron chi connectivity index (χ0n) is 34.4. The number of aryl methyl sites for hydroxylation is 2. The normalized spacial score (nSPS) is 19.6. The number of anilines is 4. The van der Waals surface area contributed by atoms with Crippen molar-refractivity contribution in [3.05, 3.63) is 59.2 Å². The van der Waals surface area contributed by atoms with Gasteiger partial charge in [0.05, 0.1) is 49.6 Å². The molecular formula is C38H46F4N14O6. The topological polar surface area (TPSA) is 211 Å². The van der Waals surface area contributed by atoms with E-state index in [2.05, 4.69) is 41.6 Å². The van der Waals surface area contributed by atoms with Crippen LogP contribution >= 0.6 is 0 Å². The van der Waals surface area contributed by atoms with Crippen LogP contribution in [0.4, 0.5) is 49.9 Å². The van der Waals surface area contributed by atoms with Gasteiger partial charge in [0.25, 0.3) is 0 Å². The second kappa shape index (κ2) is 18.6. The van der Waals surface area contributed by atoms with E-state index in [0.717, 1.165) is 34.1 Å². The molecule has 0 bridgehead atoms. The van der Waals surface area contributed by atoms with Gasteiger partial charge in [0.2, 0.25) is 11.8 Å². The number of carbonyl (C=O) groups excluding carboxylic acids is 4. The van der Waals surface area contributed by atoms with E-state index in [1.165, 1.54) is 13.8 Å². The minimum atomic E-state index is -0.749. The maximum atomic E-state index is 14.9. The number of carbonyl (C=O) groups is 4. The molecule has 8 rings (SSSR count). The molecular weight excluding hydrogens is 825 g/mol. The van der Waals surface area contributed by atoms with Gasteiger partial charge >= 0.3 is 12.2 Å². The van der Waals surface area contributed by atoms with Crippen LogP contribution in [0.15, 0.2) is 24.3 Å². The number of cyclic esters (lactones) is 2. The van der Waals surface area contributed by atoms with Crippen molar-refractivity contribution in [2.24, 2.45) is 0 Å². The molecule has 0 aliphatic carbocycles. The van der Waals surface area contributed by atoms with Gasteiger partial charge in [0, 0.05) is 64.3 Å². The molecule has 2 atom stereocenters. The summed E-state index contributed by atoms with van der Waals surface area (Å²) >= 11 is 0. The zero-order chi connectivity index (χ0) is 44.2. The van der Waals surface area contributed by atoms with Crippen LogP contribution in [0.25, 0.3) is 0 Å². The van der Waals surface area contributed by atoms with Crippen molar-refractivity contribution in [2.75, 3.05) is 72.0 Å². The Hall–Kier alpha value is -6.62. The summed E-state index contributed by atoms with van der Waals surface area (Å²) < 4.78 is 71.7. The number of aromatic nitrogens is 8. The summed E-state index contributed by atoms with van der Waals surface area (Å²) in [5.41, 5.74) is -0.0789. The second-order valence-corrected chi connectivity index (χ2v) is 15.4. The quantitative estimate of drug-likeness (QED) is 0.220. The molecule has 4 aliphatic rings. The van der Waals surface area contributed by atoms with E-state index in [0.29, 0.717) is 63.5 Å². The lowest BCUT2D eigenvalue weighted by atomic mass is 10.0. The van der Waals surface area contributed by atoms with Gasteiger partial charge in [0.1, 0.15) is 29.4 Å². The lowest BCUT2D eigenvalue weighted by Crippen LogP contribution is -2.36. The fourth-order valence-electron chi connectivity index (χ4n) is 7.90. The molecule has 24 heteroatoms. The third kappa shape index (κ3) is 9.78. The van der Waals surface area contributed by atoms with Crippen LogP contribution in [0.2, 0.25) is 0 Å². The Labute approximate surface area is 352 Å². The molecule has 0 unspecified atom stereocenters. The van der Waals surface area contributed by atoms with Gasteiger partial charge in [0.15, 0.2) is 29.1 Å². The number of halogens is 4. The van der Waals surface area contributed by atoms with E-state index in [-0.39, 0.29) is 72.8 Å². The highest BCUT2D eigenvalue weighted by Crippen LogP contribution is 2.36. The number of nitrogens with zero attached hydrogens (tertiary/aromatic N) is 12. The predicted octanol–water partition coefficient (Wildman–Crippen LogP) is 3.13. The predicted molar refractivity (Wildman–Crippen MR) is 211 cm³/mol. The van der Waals surface area contributed by atoms with Crippen molar-refractivity contribution in [3.8, 4) is 0 Å². The number of nitrogens with one attached hydrogen (secondary N) is 2. The van der Waals surface area contributed by atoms with Crippen molar-refractivity contribution in [3.63, 3.8) is 0 Å². The minimum Gasteiger partial charge on any atom is -0.442 e. The number of hydrogen-bond donors (Lipinski definition) is 2. The second-order valence-electron chi connectivity index (χ2n) is 15.4. The van der Waals surface area contributed by atoms with Gasteiger partial charge in [-0.2, -0.15) is 4.80 Å². The molecule has 0 radical (unpaired) electrons. The number of tetrazole rings is 2. The highest BCUT2D eigenvalue weighted by molar-refractivity contribution is 5.91. The maximum Gasteiger partial charge on any atom is 0.414 e. The SMILES string of the molecule is CC(=O)NC[C@H]1CN(c2cc(F)c(N3CCC(n4nnc(C)n4)CC3)c(F)c2)C(=O)O1.CC(=O)NC[C@H]1CN(c2cc(F)c(N3CCC(n4nnnc4C)CC3)c(F)c2)C(=O)O1. The molecule has 2 aromatic carbocycles. The fraction of sp³-hybridized carbons (Fsp3) is 0.526. The Balaban J connectivity index is 0.000000186. The molecule has 20 nitrogen and oxygen atoms in total. The van der Waals surface area contributed by atoms with Crippen molar-refractivity contribution >= 4 is 46.8 Å². The Kier molecular flexibility index (Phi) is 13.0. The summed E-state index contributed by atoms with van der Waals surface area (Å²) in [7, 11) is 0. The standard InChI is InChI=1S/2C19H23F2N7O3/c1-11-23-24-25-28(11)13-3-5-26(6-4-13)18-16(20)7-14(8-17(18)21)27-10-15(31-19(27)30)9-22-12(2)29;1-11-23-25-28(24-11)13-3-5-26(6-4-13)18-16(20)7-14(8-17(18)21)27-10-15(31-19(27)30)9-22-12(2)29/h2*7-8,13,15H,3-6,9-10H2,1-2H3,(H,22,29)/t2*15-/m00/s1. The summed E-state index contributed by atoms with van der Waals surface area (Å²) in [5, 5.41) is 28.7. The molecule has 4 aromatic rings. The third-order valence-electron chi connectivity index (χ3n) is 11.0. The Morgan fingerprint density at radius 2 is 1.11 bits per heavy atom. The average molecular weight is 871 g/mol. The first-order chi connectivity index (χ1) is 29.6. The van der Waals surface area contributed by atoms with Crippen LogP contribution in [0.3, 0.4) is 0 Å². The van der Waals surface area contributed by atoms with E-state index < -0.39 is 47.7 Å². The number of amides is 4. The van der Waals surface area contributed by atoms with E-state index in [9.17, 15) is 36.7 Å². The van der Waals surface area contributed by atoms with Gasteiger partial charge in [-0.15, -0.1) is 15.3 Å². The Bertz CT molecular complexity index is 2250. The van der Waals surface area contributed by atoms with Gasteiger partial charge in [-0.25, -0.2) is 31.8 Å². The van der Waals surface area contributed by atoms with E-state index in [4.69, 9.17) is 9.47 Å². The van der Waals surface area contributed by atoms with Gasteiger partial charge in [-0.3, -0.25) is 19.4 Å². The largest absolute Gasteiger partial charge is 0.442 e. The van der Waals surface area contributed by atoms with Gasteiger partial charge in [-0.1, -0.05) is 0 Å². The van der Waals surface area contributed by atoms with Gasteiger partial charge in [-0.05, 0) is 55.2 Å². The molecule has 2 N–H and O–H groups in total. The number of benzene rings is 2. The zero-order valence-corrected chi connectivity index (χ0v) is 34.4. The van der Waals surface area contributed by atoms with E-state index in [1.807, 2.05) is 6.92 Å². The van der Waals surface area contributed by atoms with Crippen molar-refractivity contribution in [2.45, 2.75) is 77.7 Å². The number of rotatable bonds is 10. The maximum absolute atomic E-state index is 14.9. The highest BCUT2D eigenvalue weighted by atomic mass is 19.1. The van der Waals surface area contributed by atoms with Crippen molar-refractivity contribution in [1.82, 2.24) is 51.0 Å². The summed E-state index contributed by atoms with van der Waals surface area (Å²) in [6.07, 6.45) is -0.0468. The summed E-state index contributed by atoms with van der Waals surface area (Å²) in [6, 6.07) is 4.65. The molecule has 0 spiro atoms. The van der Waals surface area contributed by atoms with Crippen LogP contribution in [0.1, 0.15) is 63.3 Å². The number of piperidine rings is 2. The lowest BCUT2D eigenvalue weighted by Gasteiger charge is -2.34. The molecule has 4 aliphatic heterocycles. The highest BCUT2D eigenvalue weighted by Gasteiger charge is 2.36. The van der Waals surface area contributed by atoms with Gasteiger partial charge < -0.3 is 29.9 Å². The van der Waals surface area contributed by atoms with E-state index in [1.54, 1.807) is 26.2 Å². The smallest absolute Gasteiger partial charge is 0.414 e. The third-order valence-corrected chi connectivity index (χ3v) is 11.0. The first kappa shape index (κ1) is 43.5. The van der Waals surface area contributed by atoms with Crippen LogP contribution in [0.5, 0.6) is 0 Å². The Morgan fingerprint density at radius 1 is 0.677 bits per heavy atom. The molecule has 2 aromatic heterocycles. The summed E-state index contributed by atoms with van der Waals surface area (Å²) in [6.45, 7) is 8.48. The molecule has 4 amide bonds. The first-order valence-electron chi connectivity index (χ1n) is 20.1. The monoisotopic (exact) mass is 870 g/mol. The molecule has 4 saturated heterocycles. The molecule has 332 valence electrons. The van der Waals surface area contributed by atoms with Crippen LogP contribution < -0.4 is 30.2 Å². The molecule has 0 saturated carbocycles. The molecule has 62 heavy (non-hydrogen) atoms. The molecule has 4 fully saturated rings. The molecule has 6 heterocycles. The van der Waals surface area contributed by atoms with E-state index >= 15 is 0 Å². The van der Waals surface area contributed by atoms with Crippen LogP contribution in [-0.2, 0) is 19.1 Å². The lowest BCUT2D eigenvalue weighted by molar-refractivity contribution is -0.120. The summed E-state index contributed by atoms with van der Waals surface area (Å²) in [4.78, 5) is 53.5. The van der Waals surface area contributed by atoms with Crippen molar-refractivity contribution < 1.29 is 46.2 Å². The minimum absolute atomic E-state index is 0.0303. The summed E-state index contributed by atoms with van der Waals surface area (Å²) in [5.74, 6) is -2.22. The van der Waals surface area contributed by atoms with Crippen LogP contribution in [-0.4, -0.2) is 129 Å². The van der Waals surface area contributed by atoms with Crippen LogP contribution in [0, 0.1) is 37.1 Å². The Morgan fingerprint density at radius 3 is 1.48 bits per heavy atom. The van der Waals surface area contributed by atoms with Crippen molar-refractivity contribution in [1.29, 1.82) is 0 Å². The average Bonchev–Trinajstić information content (AvgIpc) is 4.04. The number of ether oxygens (including phenoxy) is 2. The fourth-order valence-corrected chi connectivity index (χ4v) is 7.90. The first-order valence-corrected chi connectivity index (χ1v) is 20.1.